The molecule has 0 heterocycles. The summed E-state index contributed by atoms with van der Waals surface area (Å²) in [6.45, 7) is 2.45. The van der Waals surface area contributed by atoms with Crippen LogP contribution in [0, 0.1) is 0 Å². The number of aldehydes is 2. The van der Waals surface area contributed by atoms with E-state index < -0.39 is 0 Å². The molecule has 0 bridgehead atoms. The summed E-state index contributed by atoms with van der Waals surface area (Å²) in [5.41, 5.74) is 1.07. The molecule has 0 radical (unpaired) electrons. The molecule has 2 aromatic carbocycles. The number of alkyl halides is 1. The van der Waals surface area contributed by atoms with Crippen molar-refractivity contribution in [2.75, 3.05) is 53.8 Å². The Bertz CT molecular complexity index is 805. The molecule has 6 nitrogen and oxygen atoms in total. The summed E-state index contributed by atoms with van der Waals surface area (Å²) in [4.78, 5) is 25.0. The number of carbonyl (C=O) groups excluding carboxylic acids is 2. The van der Waals surface area contributed by atoms with Crippen molar-refractivity contribution in [3.8, 4) is 11.5 Å². The number of benzene rings is 2. The highest BCUT2D eigenvalue weighted by Crippen LogP contribution is 2.21. The lowest BCUT2D eigenvalue weighted by Crippen LogP contribution is -2.19. The second-order valence-corrected chi connectivity index (χ2v) is 8.86. The molecule has 172 valence electrons. The van der Waals surface area contributed by atoms with Gasteiger partial charge in [0.25, 0.3) is 0 Å². The second kappa shape index (κ2) is 17.1. The Kier molecular flexibility index (Phi) is 16.3. The topological polar surface area (TPSA) is 70.1 Å². The first-order valence-electron chi connectivity index (χ1n) is 9.31. The number of nitrogens with zero attached hydrogens (tertiary/aromatic N) is 2. The van der Waals surface area contributed by atoms with Gasteiger partial charge in [-0.2, -0.15) is 0 Å². The maximum Gasteiger partial charge on any atom is 0.151 e. The predicted octanol–water partition coefficient (Wildman–Crippen LogP) is 4.96. The third-order valence-corrected chi connectivity index (χ3v) is 5.15. The van der Waals surface area contributed by atoms with E-state index in [-0.39, 0.29) is 5.75 Å². The van der Waals surface area contributed by atoms with Crippen molar-refractivity contribution in [3.05, 3.63) is 56.5 Å². The maximum absolute atomic E-state index is 10.7. The van der Waals surface area contributed by atoms with E-state index in [4.69, 9.17) is 21.4 Å². The number of halogens is 3. The number of phenolic OH excluding ortho intramolecular Hbond substituents is 1. The average molecular weight is 581 g/mol. The van der Waals surface area contributed by atoms with Crippen LogP contribution in [0.1, 0.15) is 20.7 Å². The van der Waals surface area contributed by atoms with Crippen molar-refractivity contribution in [1.29, 1.82) is 0 Å². The zero-order valence-corrected chi connectivity index (χ0v) is 22.1. The molecule has 1 N–H and O–H groups in total. The van der Waals surface area contributed by atoms with Gasteiger partial charge in [0.15, 0.2) is 12.6 Å². The minimum Gasteiger partial charge on any atom is -0.508 e. The Morgan fingerprint density at radius 2 is 1.42 bits per heavy atom. The van der Waals surface area contributed by atoms with Gasteiger partial charge in [0.2, 0.25) is 0 Å². The van der Waals surface area contributed by atoms with Gasteiger partial charge in [-0.3, -0.25) is 9.59 Å². The highest BCUT2D eigenvalue weighted by Gasteiger charge is 2.01. The lowest BCUT2D eigenvalue weighted by atomic mass is 10.2. The number of aromatic hydroxyl groups is 1. The van der Waals surface area contributed by atoms with Gasteiger partial charge in [-0.1, -0.05) is 31.9 Å². The van der Waals surface area contributed by atoms with Crippen molar-refractivity contribution < 1.29 is 19.4 Å². The summed E-state index contributed by atoms with van der Waals surface area (Å²) in [6.07, 6.45) is 1.49. The van der Waals surface area contributed by atoms with E-state index in [1.165, 1.54) is 12.1 Å². The van der Waals surface area contributed by atoms with Crippen LogP contribution in [0.15, 0.2) is 45.3 Å². The summed E-state index contributed by atoms with van der Waals surface area (Å²) in [6, 6.07) is 9.92. The molecule has 0 aliphatic heterocycles. The van der Waals surface area contributed by atoms with Crippen molar-refractivity contribution in [2.24, 2.45) is 0 Å². The normalized spacial score (nSPS) is 9.97. The Hall–Kier alpha value is -1.45. The number of hydrogen-bond acceptors (Lipinski definition) is 6. The molecule has 0 aliphatic rings. The molecule has 0 amide bonds. The fourth-order valence-electron chi connectivity index (χ4n) is 1.84. The van der Waals surface area contributed by atoms with Gasteiger partial charge in [-0.05, 0) is 64.6 Å². The Balaban J connectivity index is 0.000000484. The van der Waals surface area contributed by atoms with Gasteiger partial charge in [-0.25, -0.2) is 0 Å². The first kappa shape index (κ1) is 29.5. The third kappa shape index (κ3) is 14.3. The van der Waals surface area contributed by atoms with E-state index in [1.54, 1.807) is 12.1 Å². The molecule has 31 heavy (non-hydrogen) atoms. The number of ether oxygens (including phenoxy) is 1. The van der Waals surface area contributed by atoms with Crippen LogP contribution in [-0.2, 0) is 0 Å². The van der Waals surface area contributed by atoms with Crippen LogP contribution >= 0.6 is 43.5 Å². The summed E-state index contributed by atoms with van der Waals surface area (Å²) in [5, 5.41) is 8.89. The Morgan fingerprint density at radius 1 is 0.903 bits per heavy atom. The molecule has 0 saturated carbocycles. The Morgan fingerprint density at radius 3 is 1.84 bits per heavy atom. The standard InChI is InChI=1S/C11H14BrNO2.C7H5BrO2.C4H10ClN/c1-13(2)5-6-15-10-3-4-11(12)9(7-10)8-14;8-7-2-1-6(10)3-5(7)4-9;1-6(2)4-3-5/h3-4,7-8H,5-6H2,1-2H3;1-4,10H;3-4H2,1-2H3. The van der Waals surface area contributed by atoms with Gasteiger partial charge in [0.05, 0.1) is 0 Å². The molecule has 0 spiro atoms. The highest BCUT2D eigenvalue weighted by molar-refractivity contribution is 9.10. The summed E-state index contributed by atoms with van der Waals surface area (Å²) < 4.78 is 6.98. The summed E-state index contributed by atoms with van der Waals surface area (Å²) in [5.74, 6) is 1.56. The van der Waals surface area contributed by atoms with E-state index in [0.29, 0.717) is 28.5 Å². The molecule has 0 atom stereocenters. The second-order valence-electron chi connectivity index (χ2n) is 6.77. The van der Waals surface area contributed by atoms with Crippen molar-refractivity contribution in [3.63, 3.8) is 0 Å². The van der Waals surface area contributed by atoms with Crippen molar-refractivity contribution in [1.82, 2.24) is 9.80 Å². The van der Waals surface area contributed by atoms with Gasteiger partial charge in [0, 0.05) is 39.0 Å². The van der Waals surface area contributed by atoms with Crippen LogP contribution < -0.4 is 4.74 Å². The van der Waals surface area contributed by atoms with Gasteiger partial charge >= 0.3 is 0 Å². The minimum absolute atomic E-state index is 0.102. The SMILES string of the molecule is CN(C)CCCl.CN(C)CCOc1ccc(Br)c(C=O)c1.O=Cc1cc(O)ccc1Br. The number of carbonyl (C=O) groups is 2. The number of likely N-dealkylation sites (N-methyl/N-ethyl adjacent to an activating group) is 1. The fourth-order valence-corrected chi connectivity index (χ4v) is 2.86. The number of rotatable bonds is 8. The largest absolute Gasteiger partial charge is 0.508 e. The maximum atomic E-state index is 10.7. The van der Waals surface area contributed by atoms with Gasteiger partial charge in [0.1, 0.15) is 18.1 Å². The molecule has 0 unspecified atom stereocenters. The quantitative estimate of drug-likeness (QED) is 0.352. The number of phenols is 1. The van der Waals surface area contributed by atoms with E-state index in [2.05, 4.69) is 31.9 Å². The average Bonchev–Trinajstić information content (AvgIpc) is 2.71. The molecular weight excluding hydrogens is 552 g/mol. The summed E-state index contributed by atoms with van der Waals surface area (Å²) >= 11 is 11.8. The monoisotopic (exact) mass is 578 g/mol. The molecule has 9 heteroatoms. The third-order valence-electron chi connectivity index (χ3n) is 3.54. The fraction of sp³-hybridized carbons (Fsp3) is 0.364. The zero-order chi connectivity index (χ0) is 23.8. The van der Waals surface area contributed by atoms with E-state index in [9.17, 15) is 9.59 Å². The molecule has 0 saturated heterocycles. The van der Waals surface area contributed by atoms with E-state index >= 15 is 0 Å². The van der Waals surface area contributed by atoms with E-state index in [1.807, 2.05) is 50.1 Å². The van der Waals surface area contributed by atoms with Crippen LogP contribution in [-0.4, -0.2) is 81.2 Å². The first-order chi connectivity index (χ1) is 14.6. The molecule has 0 fully saturated rings. The van der Waals surface area contributed by atoms with Crippen molar-refractivity contribution in [2.45, 2.75) is 0 Å². The van der Waals surface area contributed by atoms with Crippen LogP contribution in [0.5, 0.6) is 11.5 Å². The smallest absolute Gasteiger partial charge is 0.151 e. The Labute approximate surface area is 206 Å². The van der Waals surface area contributed by atoms with Crippen LogP contribution in [0.2, 0.25) is 0 Å². The van der Waals surface area contributed by atoms with Crippen molar-refractivity contribution >= 4 is 56.0 Å². The molecule has 0 aromatic heterocycles. The van der Waals surface area contributed by atoms with Crippen LogP contribution in [0.25, 0.3) is 0 Å². The van der Waals surface area contributed by atoms with Gasteiger partial charge < -0.3 is 19.6 Å². The minimum atomic E-state index is 0.102. The molecule has 2 aromatic rings. The molecule has 2 rings (SSSR count). The molecular formula is C22H29Br2ClN2O4. The van der Waals surface area contributed by atoms with E-state index in [0.717, 1.165) is 35.5 Å². The van der Waals surface area contributed by atoms with Gasteiger partial charge in [-0.15, -0.1) is 11.6 Å². The molecule has 0 aliphatic carbocycles. The van der Waals surface area contributed by atoms with Crippen LogP contribution in [0.3, 0.4) is 0 Å². The lowest BCUT2D eigenvalue weighted by Gasteiger charge is -2.11. The summed E-state index contributed by atoms with van der Waals surface area (Å²) in [7, 11) is 7.98. The number of hydrogen-bond donors (Lipinski definition) is 1. The lowest BCUT2D eigenvalue weighted by molar-refractivity contribution is 0.111. The van der Waals surface area contributed by atoms with Crippen LogP contribution in [0.4, 0.5) is 0 Å². The predicted molar refractivity (Wildman–Crippen MR) is 134 cm³/mol. The highest BCUT2D eigenvalue weighted by atomic mass is 79.9. The first-order valence-corrected chi connectivity index (χ1v) is 11.4. The zero-order valence-electron chi connectivity index (χ0n) is 18.1.